The van der Waals surface area contributed by atoms with Gasteiger partial charge >= 0.3 is 5.97 Å². The minimum atomic E-state index is -0.778. The Balaban J connectivity index is 2.82. The molecule has 1 rings (SSSR count). The van der Waals surface area contributed by atoms with Gasteiger partial charge in [-0.1, -0.05) is 30.3 Å². The second kappa shape index (κ2) is 6.65. The maximum atomic E-state index is 11.6. The Kier molecular flexibility index (Phi) is 5.16. The molecule has 3 N–H and O–H groups in total. The van der Waals surface area contributed by atoms with Gasteiger partial charge in [0.25, 0.3) is 0 Å². The van der Waals surface area contributed by atoms with E-state index < -0.39 is 12.0 Å². The van der Waals surface area contributed by atoms with Gasteiger partial charge in [-0.25, -0.2) is 4.79 Å². The van der Waals surface area contributed by atoms with E-state index >= 15 is 0 Å². The SMILES string of the molecule is COC(=O)C(NC(=O)CCN)c1ccccc1. The second-order valence-electron chi connectivity index (χ2n) is 3.47. The number of amides is 1. The number of nitrogens with two attached hydrogens (primary N) is 1. The van der Waals surface area contributed by atoms with Gasteiger partial charge in [-0.05, 0) is 5.56 Å². The Morgan fingerprint density at radius 2 is 2.00 bits per heavy atom. The van der Waals surface area contributed by atoms with Crippen LogP contribution in [-0.2, 0) is 14.3 Å². The molecule has 0 saturated carbocycles. The van der Waals surface area contributed by atoms with Gasteiger partial charge in [0.05, 0.1) is 7.11 Å². The van der Waals surface area contributed by atoms with E-state index in [1.165, 1.54) is 7.11 Å². The summed E-state index contributed by atoms with van der Waals surface area (Å²) in [7, 11) is 1.29. The van der Waals surface area contributed by atoms with Crippen LogP contribution in [-0.4, -0.2) is 25.5 Å². The molecule has 0 radical (unpaired) electrons. The van der Waals surface area contributed by atoms with E-state index in [9.17, 15) is 9.59 Å². The molecule has 0 heterocycles. The second-order valence-corrected chi connectivity index (χ2v) is 3.47. The molecule has 92 valence electrons. The first-order valence-corrected chi connectivity index (χ1v) is 5.31. The number of methoxy groups -OCH3 is 1. The molecular weight excluding hydrogens is 220 g/mol. The first-order chi connectivity index (χ1) is 8.19. The first kappa shape index (κ1) is 13.2. The van der Waals surface area contributed by atoms with Gasteiger partial charge in [-0.3, -0.25) is 4.79 Å². The molecule has 17 heavy (non-hydrogen) atoms. The van der Waals surface area contributed by atoms with Crippen molar-refractivity contribution in [3.8, 4) is 0 Å². The molecule has 5 heteroatoms. The van der Waals surface area contributed by atoms with Crippen molar-refractivity contribution < 1.29 is 14.3 Å². The van der Waals surface area contributed by atoms with Crippen LogP contribution in [0.3, 0.4) is 0 Å². The topological polar surface area (TPSA) is 81.4 Å². The highest BCUT2D eigenvalue weighted by atomic mass is 16.5. The minimum absolute atomic E-state index is 0.181. The van der Waals surface area contributed by atoms with Crippen LogP contribution in [0.25, 0.3) is 0 Å². The fourth-order valence-electron chi connectivity index (χ4n) is 1.41. The Morgan fingerprint density at radius 3 is 2.53 bits per heavy atom. The van der Waals surface area contributed by atoms with Crippen molar-refractivity contribution >= 4 is 11.9 Å². The third kappa shape index (κ3) is 3.88. The summed E-state index contributed by atoms with van der Waals surface area (Å²) in [6.07, 6.45) is 0.181. The van der Waals surface area contributed by atoms with Crippen molar-refractivity contribution in [1.29, 1.82) is 0 Å². The summed E-state index contributed by atoms with van der Waals surface area (Å²) in [6, 6.07) is 8.15. The Bertz CT molecular complexity index is 379. The average molecular weight is 236 g/mol. The standard InChI is InChI=1S/C12H16N2O3/c1-17-12(16)11(14-10(15)7-8-13)9-5-3-2-4-6-9/h2-6,11H,7-8,13H2,1H3,(H,14,15). The van der Waals surface area contributed by atoms with E-state index in [2.05, 4.69) is 10.1 Å². The van der Waals surface area contributed by atoms with Gasteiger partial charge in [-0.2, -0.15) is 0 Å². The number of hydrogen-bond acceptors (Lipinski definition) is 4. The van der Waals surface area contributed by atoms with Crippen molar-refractivity contribution in [3.05, 3.63) is 35.9 Å². The quantitative estimate of drug-likeness (QED) is 0.723. The third-order valence-corrected chi connectivity index (χ3v) is 2.25. The van der Waals surface area contributed by atoms with Crippen LogP contribution in [0, 0.1) is 0 Å². The van der Waals surface area contributed by atoms with Gasteiger partial charge < -0.3 is 15.8 Å². The van der Waals surface area contributed by atoms with E-state index in [1.807, 2.05) is 6.07 Å². The predicted molar refractivity (Wildman–Crippen MR) is 63.0 cm³/mol. The normalized spacial score (nSPS) is 11.6. The molecule has 0 saturated heterocycles. The number of carbonyl (C=O) groups is 2. The number of rotatable bonds is 5. The highest BCUT2D eigenvalue weighted by molar-refractivity contribution is 5.85. The van der Waals surface area contributed by atoms with E-state index in [0.29, 0.717) is 5.56 Å². The summed E-state index contributed by atoms with van der Waals surface area (Å²) < 4.78 is 4.66. The molecule has 5 nitrogen and oxygen atoms in total. The van der Waals surface area contributed by atoms with Crippen LogP contribution in [0.15, 0.2) is 30.3 Å². The van der Waals surface area contributed by atoms with Gasteiger partial charge in [0.1, 0.15) is 0 Å². The van der Waals surface area contributed by atoms with Gasteiger partial charge in [0, 0.05) is 13.0 Å². The fourth-order valence-corrected chi connectivity index (χ4v) is 1.41. The van der Waals surface area contributed by atoms with E-state index in [-0.39, 0.29) is 18.9 Å². The van der Waals surface area contributed by atoms with E-state index in [0.717, 1.165) is 0 Å². The smallest absolute Gasteiger partial charge is 0.333 e. The zero-order valence-electron chi connectivity index (χ0n) is 9.68. The molecule has 0 fully saturated rings. The van der Waals surface area contributed by atoms with E-state index in [4.69, 9.17) is 5.73 Å². The minimum Gasteiger partial charge on any atom is -0.467 e. The number of carbonyl (C=O) groups excluding carboxylic acids is 2. The number of benzene rings is 1. The summed E-state index contributed by atoms with van der Waals surface area (Å²) in [5.41, 5.74) is 5.96. The zero-order chi connectivity index (χ0) is 12.7. The molecule has 0 aliphatic carbocycles. The van der Waals surface area contributed by atoms with Crippen LogP contribution in [0.2, 0.25) is 0 Å². The molecule has 0 aromatic heterocycles. The van der Waals surface area contributed by atoms with Crippen molar-refractivity contribution in [2.24, 2.45) is 5.73 Å². The Morgan fingerprint density at radius 1 is 1.35 bits per heavy atom. The molecular formula is C12H16N2O3. The van der Waals surface area contributed by atoms with Crippen LogP contribution < -0.4 is 11.1 Å². The van der Waals surface area contributed by atoms with Gasteiger partial charge in [0.15, 0.2) is 6.04 Å². The molecule has 1 atom stereocenters. The molecule has 1 aromatic carbocycles. The summed E-state index contributed by atoms with van der Waals surface area (Å²) in [6.45, 7) is 0.245. The van der Waals surface area contributed by atoms with Crippen molar-refractivity contribution in [3.63, 3.8) is 0 Å². The Hall–Kier alpha value is -1.88. The maximum Gasteiger partial charge on any atom is 0.333 e. The molecule has 1 aromatic rings. The first-order valence-electron chi connectivity index (χ1n) is 5.31. The highest BCUT2D eigenvalue weighted by Gasteiger charge is 2.22. The van der Waals surface area contributed by atoms with E-state index in [1.54, 1.807) is 24.3 Å². The van der Waals surface area contributed by atoms with Crippen LogP contribution in [0.5, 0.6) is 0 Å². The molecule has 0 spiro atoms. The lowest BCUT2D eigenvalue weighted by molar-refractivity contribution is -0.145. The van der Waals surface area contributed by atoms with Crippen molar-refractivity contribution in [1.82, 2.24) is 5.32 Å². The summed E-state index contributed by atoms with van der Waals surface area (Å²) in [4.78, 5) is 23.0. The van der Waals surface area contributed by atoms with Crippen LogP contribution >= 0.6 is 0 Å². The number of ether oxygens (including phenoxy) is 1. The summed E-state index contributed by atoms with van der Waals surface area (Å²) in [5, 5.41) is 2.59. The molecule has 0 bridgehead atoms. The fraction of sp³-hybridized carbons (Fsp3) is 0.333. The zero-order valence-corrected chi connectivity index (χ0v) is 9.68. The third-order valence-electron chi connectivity index (χ3n) is 2.25. The maximum absolute atomic E-state index is 11.6. The van der Waals surface area contributed by atoms with Crippen molar-refractivity contribution in [2.75, 3.05) is 13.7 Å². The molecule has 1 unspecified atom stereocenters. The Labute approximate surface area is 99.9 Å². The predicted octanol–water partition coefficient (Wildman–Crippen LogP) is 0.366. The molecule has 0 aliphatic heterocycles. The van der Waals surface area contributed by atoms with Crippen LogP contribution in [0.4, 0.5) is 0 Å². The van der Waals surface area contributed by atoms with Gasteiger partial charge in [0.2, 0.25) is 5.91 Å². The lowest BCUT2D eigenvalue weighted by Crippen LogP contribution is -2.35. The number of nitrogens with one attached hydrogen (secondary N) is 1. The lowest BCUT2D eigenvalue weighted by Gasteiger charge is -2.16. The number of hydrogen-bond donors (Lipinski definition) is 2. The number of esters is 1. The average Bonchev–Trinajstić information content (AvgIpc) is 2.36. The van der Waals surface area contributed by atoms with Gasteiger partial charge in [-0.15, -0.1) is 0 Å². The summed E-state index contributed by atoms with van der Waals surface area (Å²) >= 11 is 0. The largest absolute Gasteiger partial charge is 0.467 e. The summed E-state index contributed by atoms with van der Waals surface area (Å²) in [5.74, 6) is -0.770. The molecule has 1 amide bonds. The van der Waals surface area contributed by atoms with Crippen LogP contribution in [0.1, 0.15) is 18.0 Å². The molecule has 0 aliphatic rings. The monoisotopic (exact) mass is 236 g/mol. The highest BCUT2D eigenvalue weighted by Crippen LogP contribution is 2.14. The lowest BCUT2D eigenvalue weighted by atomic mass is 10.1. The van der Waals surface area contributed by atoms with Crippen molar-refractivity contribution in [2.45, 2.75) is 12.5 Å².